The van der Waals surface area contributed by atoms with Gasteiger partial charge in [-0.1, -0.05) is 59.8 Å². The molecule has 0 radical (unpaired) electrons. The van der Waals surface area contributed by atoms with E-state index in [1.165, 1.54) is 51.3 Å². The van der Waals surface area contributed by atoms with Crippen molar-refractivity contribution in [2.45, 2.75) is 71.5 Å². The predicted molar refractivity (Wildman–Crippen MR) is 84.5 cm³/mol. The van der Waals surface area contributed by atoms with Gasteiger partial charge in [-0.25, -0.2) is 0 Å². The fourth-order valence-electron chi connectivity index (χ4n) is 1.43. The Kier molecular flexibility index (Phi) is 17.9. The van der Waals surface area contributed by atoms with Crippen LogP contribution in [0.2, 0.25) is 0 Å². The molecule has 16 heavy (non-hydrogen) atoms. The van der Waals surface area contributed by atoms with Gasteiger partial charge in [0.2, 0.25) is 0 Å². The SMILES string of the molecule is CC1CCCC1.CCC.CCC1CS1.CN.[HH].[HH]. The Balaban J connectivity index is -0.0000000756. The minimum Gasteiger partial charge on any atom is -0.333 e. The standard InChI is InChI=1S/C6H12.C4H8S.C3H8.CH5N.2H2/c1-6-4-2-3-5-6;1-2-4-3-5-4;1-3-2;1-2;;/h6H,2-5H2,1H3;4H,2-3H2,1H3;3H2,1-2H3;2H2,1H3;2*1H. The fraction of sp³-hybridized carbons (Fsp3) is 1.00. The average Bonchev–Trinajstić information content (AvgIpc) is 3.04. The van der Waals surface area contributed by atoms with Gasteiger partial charge in [0.1, 0.15) is 0 Å². The van der Waals surface area contributed by atoms with Gasteiger partial charge < -0.3 is 5.73 Å². The van der Waals surface area contributed by atoms with Crippen molar-refractivity contribution in [3.63, 3.8) is 0 Å². The van der Waals surface area contributed by atoms with Gasteiger partial charge in [-0.05, 0) is 19.4 Å². The van der Waals surface area contributed by atoms with E-state index in [1.54, 1.807) is 0 Å². The van der Waals surface area contributed by atoms with Crippen LogP contribution in [-0.2, 0) is 0 Å². The Morgan fingerprint density at radius 1 is 1.12 bits per heavy atom. The lowest BCUT2D eigenvalue weighted by atomic mass is 10.2. The number of hydrogen-bond acceptors (Lipinski definition) is 2. The van der Waals surface area contributed by atoms with Gasteiger partial charge >= 0.3 is 0 Å². The van der Waals surface area contributed by atoms with Gasteiger partial charge in [-0.2, -0.15) is 11.8 Å². The van der Waals surface area contributed by atoms with Crippen LogP contribution in [0.25, 0.3) is 0 Å². The van der Waals surface area contributed by atoms with Gasteiger partial charge in [-0.3, -0.25) is 0 Å². The van der Waals surface area contributed by atoms with E-state index in [9.17, 15) is 0 Å². The summed E-state index contributed by atoms with van der Waals surface area (Å²) in [5.74, 6) is 2.47. The number of thioether (sulfide) groups is 1. The van der Waals surface area contributed by atoms with Crippen molar-refractivity contribution in [2.24, 2.45) is 11.7 Å². The van der Waals surface area contributed by atoms with Crippen LogP contribution in [0.15, 0.2) is 0 Å². The van der Waals surface area contributed by atoms with E-state index in [1.807, 2.05) is 0 Å². The van der Waals surface area contributed by atoms with E-state index in [0.717, 1.165) is 11.2 Å². The van der Waals surface area contributed by atoms with Gasteiger partial charge in [0.25, 0.3) is 0 Å². The molecule has 2 fully saturated rings. The largest absolute Gasteiger partial charge is 0.333 e. The first-order valence-electron chi connectivity index (χ1n) is 6.93. The van der Waals surface area contributed by atoms with Crippen molar-refractivity contribution in [2.75, 3.05) is 12.8 Å². The molecule has 0 aromatic carbocycles. The summed E-state index contributed by atoms with van der Waals surface area (Å²) in [5, 5.41) is 1.05. The van der Waals surface area contributed by atoms with Gasteiger partial charge in [0.05, 0.1) is 0 Å². The molecular weight excluding hydrogens is 214 g/mol. The normalized spacial score (nSPS) is 21.8. The highest BCUT2D eigenvalue weighted by molar-refractivity contribution is 8.06. The first-order chi connectivity index (χ1) is 7.74. The van der Waals surface area contributed by atoms with Crippen molar-refractivity contribution in [3.05, 3.63) is 0 Å². The zero-order chi connectivity index (χ0) is 12.8. The molecule has 1 saturated heterocycles. The molecule has 2 heteroatoms. The molecule has 2 N–H and O–H groups in total. The number of hydrogen-bond donors (Lipinski definition) is 1. The molecule has 0 spiro atoms. The Morgan fingerprint density at radius 2 is 1.50 bits per heavy atom. The van der Waals surface area contributed by atoms with Gasteiger partial charge in [-0.15, -0.1) is 0 Å². The second-order valence-electron chi connectivity index (χ2n) is 4.46. The number of rotatable bonds is 1. The maximum atomic E-state index is 4.50. The third-order valence-corrected chi connectivity index (χ3v) is 3.64. The zero-order valence-electron chi connectivity index (χ0n) is 12.1. The molecule has 1 nitrogen and oxygen atoms in total. The van der Waals surface area contributed by atoms with Crippen molar-refractivity contribution in [1.29, 1.82) is 0 Å². The molecule has 1 atom stereocenters. The summed E-state index contributed by atoms with van der Waals surface area (Å²) in [6.07, 6.45) is 8.58. The average molecular weight is 252 g/mol. The van der Waals surface area contributed by atoms with Crippen LogP contribution < -0.4 is 5.73 Å². The lowest BCUT2D eigenvalue weighted by Gasteiger charge is -1.91. The van der Waals surface area contributed by atoms with E-state index in [-0.39, 0.29) is 2.85 Å². The molecule has 1 aliphatic carbocycles. The van der Waals surface area contributed by atoms with Crippen molar-refractivity contribution in [3.8, 4) is 0 Å². The second-order valence-corrected chi connectivity index (χ2v) is 5.79. The summed E-state index contributed by atoms with van der Waals surface area (Å²) < 4.78 is 0. The predicted octanol–water partition coefficient (Wildman–Crippen LogP) is 5.19. The molecule has 2 rings (SSSR count). The van der Waals surface area contributed by atoms with Crippen LogP contribution in [0.5, 0.6) is 0 Å². The van der Waals surface area contributed by atoms with Crippen molar-refractivity contribution >= 4 is 11.8 Å². The summed E-state index contributed by atoms with van der Waals surface area (Å²) in [4.78, 5) is 0. The molecule has 1 saturated carbocycles. The lowest BCUT2D eigenvalue weighted by molar-refractivity contribution is 0.612. The van der Waals surface area contributed by atoms with Crippen LogP contribution in [0.4, 0.5) is 0 Å². The molecule has 0 aromatic rings. The minimum absolute atomic E-state index is 0. The molecule has 1 unspecified atom stereocenters. The van der Waals surface area contributed by atoms with Crippen molar-refractivity contribution in [1.82, 2.24) is 0 Å². The first-order valence-corrected chi connectivity index (χ1v) is 7.98. The smallest absolute Gasteiger partial charge is 0.0136 e. The summed E-state index contributed by atoms with van der Waals surface area (Å²) in [6, 6.07) is 0. The molecule has 2 aliphatic rings. The Morgan fingerprint density at radius 3 is 1.56 bits per heavy atom. The first kappa shape index (κ1) is 18.7. The highest BCUT2D eigenvalue weighted by Gasteiger charge is 2.18. The van der Waals surface area contributed by atoms with Crippen LogP contribution in [0.3, 0.4) is 0 Å². The summed E-state index contributed by atoms with van der Waals surface area (Å²) in [6.45, 7) is 8.83. The van der Waals surface area contributed by atoms with Crippen molar-refractivity contribution < 1.29 is 2.85 Å². The molecule has 1 aliphatic heterocycles. The Bertz CT molecular complexity index is 116. The van der Waals surface area contributed by atoms with Crippen LogP contribution in [-0.4, -0.2) is 18.1 Å². The number of nitrogens with two attached hydrogens (primary N) is 1. The van der Waals surface area contributed by atoms with E-state index >= 15 is 0 Å². The second kappa shape index (κ2) is 15.3. The lowest BCUT2D eigenvalue weighted by Crippen LogP contribution is -1.78. The maximum Gasteiger partial charge on any atom is 0.0136 e. The molecular formula is C14H37NS. The van der Waals surface area contributed by atoms with E-state index in [4.69, 9.17) is 0 Å². The maximum absolute atomic E-state index is 4.50. The van der Waals surface area contributed by atoms with Crippen LogP contribution in [0.1, 0.15) is 69.1 Å². The van der Waals surface area contributed by atoms with E-state index in [2.05, 4.69) is 45.2 Å². The minimum atomic E-state index is 0. The quantitative estimate of drug-likeness (QED) is 0.649. The zero-order valence-corrected chi connectivity index (χ0v) is 12.9. The summed E-state index contributed by atoms with van der Waals surface area (Å²) in [7, 11) is 1.50. The van der Waals surface area contributed by atoms with Gasteiger partial charge in [0, 0.05) is 13.9 Å². The molecule has 104 valence electrons. The summed E-state index contributed by atoms with van der Waals surface area (Å²) in [5.41, 5.74) is 4.50. The molecule has 1 heterocycles. The van der Waals surface area contributed by atoms with Crippen LogP contribution in [0, 0.1) is 5.92 Å². The Labute approximate surface area is 111 Å². The molecule has 0 aromatic heterocycles. The topological polar surface area (TPSA) is 26.0 Å². The third kappa shape index (κ3) is 16.7. The van der Waals surface area contributed by atoms with E-state index in [0.29, 0.717) is 0 Å². The monoisotopic (exact) mass is 251 g/mol. The van der Waals surface area contributed by atoms with E-state index < -0.39 is 0 Å². The van der Waals surface area contributed by atoms with Crippen LogP contribution >= 0.6 is 11.8 Å². The highest BCUT2D eigenvalue weighted by Crippen LogP contribution is 2.32. The fourth-order valence-corrected chi connectivity index (χ4v) is 2.04. The Hall–Kier alpha value is 0.310. The summed E-state index contributed by atoms with van der Waals surface area (Å²) >= 11 is 2.07. The third-order valence-electron chi connectivity index (χ3n) is 2.50. The molecule has 0 amide bonds. The van der Waals surface area contributed by atoms with Gasteiger partial charge in [0.15, 0.2) is 0 Å². The molecule has 0 bridgehead atoms. The highest BCUT2D eigenvalue weighted by atomic mass is 32.2.